The number of nitrogens with one attached hydrogen (secondary N) is 1. The van der Waals surface area contributed by atoms with Crippen LogP contribution in [0.1, 0.15) is 5.69 Å². The third-order valence-corrected chi connectivity index (χ3v) is 1.77. The molecule has 1 aliphatic heterocycles. The lowest BCUT2D eigenvalue weighted by Crippen LogP contribution is -2.28. The Hall–Kier alpha value is -0.450. The highest BCUT2D eigenvalue weighted by atomic mass is 35.5. The van der Waals surface area contributed by atoms with Gasteiger partial charge in [-0.1, -0.05) is 0 Å². The van der Waals surface area contributed by atoms with Crippen molar-refractivity contribution >= 4 is 30.5 Å². The number of hydrogen-bond acceptors (Lipinski definition) is 3. The van der Waals surface area contributed by atoms with Gasteiger partial charge >= 0.3 is 0 Å². The average molecular weight is 211 g/mol. The standard InChI is InChI=1S/C6H10N4.2ClH/c7-5-3-9-10-2-1-8-4-6(5)10;;/h3,8H,1-2,4,7H2;2*1H. The molecule has 0 radical (unpaired) electrons. The van der Waals surface area contributed by atoms with Gasteiger partial charge in [0.1, 0.15) is 0 Å². The Kier molecular flexibility index (Phi) is 4.37. The van der Waals surface area contributed by atoms with Crippen LogP contribution in [0.3, 0.4) is 0 Å². The fourth-order valence-electron chi connectivity index (χ4n) is 1.20. The van der Waals surface area contributed by atoms with Crippen molar-refractivity contribution in [3.8, 4) is 0 Å². The summed E-state index contributed by atoms with van der Waals surface area (Å²) in [6, 6.07) is 0. The van der Waals surface area contributed by atoms with E-state index in [1.807, 2.05) is 4.68 Å². The molecular weight excluding hydrogens is 199 g/mol. The molecule has 2 rings (SSSR count). The van der Waals surface area contributed by atoms with Gasteiger partial charge < -0.3 is 11.1 Å². The Labute approximate surface area is 83.3 Å². The van der Waals surface area contributed by atoms with Crippen molar-refractivity contribution in [1.29, 1.82) is 0 Å². The topological polar surface area (TPSA) is 55.9 Å². The number of hydrogen-bond donors (Lipinski definition) is 2. The molecule has 3 N–H and O–H groups in total. The zero-order chi connectivity index (χ0) is 6.97. The predicted molar refractivity (Wildman–Crippen MR) is 52.8 cm³/mol. The molecule has 12 heavy (non-hydrogen) atoms. The van der Waals surface area contributed by atoms with Crippen molar-refractivity contribution in [3.63, 3.8) is 0 Å². The van der Waals surface area contributed by atoms with Crippen LogP contribution in [0, 0.1) is 0 Å². The van der Waals surface area contributed by atoms with E-state index in [1.165, 1.54) is 0 Å². The Morgan fingerprint density at radius 3 is 2.92 bits per heavy atom. The maximum Gasteiger partial charge on any atom is 0.0752 e. The second-order valence-corrected chi connectivity index (χ2v) is 2.45. The fraction of sp³-hybridized carbons (Fsp3) is 0.500. The second kappa shape index (κ2) is 4.54. The van der Waals surface area contributed by atoms with Gasteiger partial charge in [0.15, 0.2) is 0 Å². The maximum atomic E-state index is 5.64. The van der Waals surface area contributed by atoms with Crippen molar-refractivity contribution in [2.24, 2.45) is 0 Å². The minimum atomic E-state index is 0. The molecule has 2 heterocycles. The first kappa shape index (κ1) is 11.6. The number of nitrogens with zero attached hydrogens (tertiary/aromatic N) is 2. The van der Waals surface area contributed by atoms with Crippen LogP contribution in [0.15, 0.2) is 6.20 Å². The lowest BCUT2D eigenvalue weighted by Gasteiger charge is -2.14. The van der Waals surface area contributed by atoms with Crippen LogP contribution in [-0.4, -0.2) is 16.3 Å². The van der Waals surface area contributed by atoms with Gasteiger partial charge in [-0.2, -0.15) is 5.10 Å². The minimum absolute atomic E-state index is 0. The number of aromatic nitrogens is 2. The molecule has 4 nitrogen and oxygen atoms in total. The van der Waals surface area contributed by atoms with E-state index in [-0.39, 0.29) is 24.8 Å². The van der Waals surface area contributed by atoms with Gasteiger partial charge in [0.25, 0.3) is 0 Å². The lowest BCUT2D eigenvalue weighted by atomic mass is 10.3. The molecule has 0 unspecified atom stereocenters. The molecule has 0 aliphatic carbocycles. The summed E-state index contributed by atoms with van der Waals surface area (Å²) in [6.07, 6.45) is 1.71. The van der Waals surface area contributed by atoms with Crippen LogP contribution in [-0.2, 0) is 13.1 Å². The predicted octanol–water partition coefficient (Wildman–Crippen LogP) is 0.412. The van der Waals surface area contributed by atoms with E-state index >= 15 is 0 Å². The quantitative estimate of drug-likeness (QED) is 0.653. The number of anilines is 1. The van der Waals surface area contributed by atoms with Crippen molar-refractivity contribution < 1.29 is 0 Å². The van der Waals surface area contributed by atoms with Crippen molar-refractivity contribution in [1.82, 2.24) is 15.1 Å². The van der Waals surface area contributed by atoms with Gasteiger partial charge in [-0.25, -0.2) is 0 Å². The molecule has 0 saturated carbocycles. The highest BCUT2D eigenvalue weighted by Crippen LogP contribution is 2.11. The van der Waals surface area contributed by atoms with Crippen LogP contribution >= 0.6 is 24.8 Å². The zero-order valence-corrected chi connectivity index (χ0v) is 8.12. The molecule has 1 aromatic rings. The molecule has 70 valence electrons. The second-order valence-electron chi connectivity index (χ2n) is 2.45. The third-order valence-electron chi connectivity index (χ3n) is 1.77. The smallest absolute Gasteiger partial charge is 0.0752 e. The Morgan fingerprint density at radius 2 is 2.25 bits per heavy atom. The highest BCUT2D eigenvalue weighted by Gasteiger charge is 2.10. The monoisotopic (exact) mass is 210 g/mol. The maximum absolute atomic E-state index is 5.64. The number of nitrogens with two attached hydrogens (primary N) is 1. The summed E-state index contributed by atoms with van der Waals surface area (Å²) >= 11 is 0. The van der Waals surface area contributed by atoms with Gasteiger partial charge in [-0.05, 0) is 0 Å². The van der Waals surface area contributed by atoms with Gasteiger partial charge in [0.05, 0.1) is 24.1 Å². The van der Waals surface area contributed by atoms with E-state index in [1.54, 1.807) is 6.20 Å². The summed E-state index contributed by atoms with van der Waals surface area (Å²) < 4.78 is 1.95. The van der Waals surface area contributed by atoms with Gasteiger partial charge in [0.2, 0.25) is 0 Å². The van der Waals surface area contributed by atoms with Crippen LogP contribution in [0.5, 0.6) is 0 Å². The summed E-state index contributed by atoms with van der Waals surface area (Å²) in [5.41, 5.74) is 7.55. The summed E-state index contributed by atoms with van der Waals surface area (Å²) in [5, 5.41) is 7.34. The lowest BCUT2D eigenvalue weighted by molar-refractivity contribution is 0.476. The molecule has 6 heteroatoms. The number of halogens is 2. The molecule has 1 aromatic heterocycles. The normalized spacial score (nSPS) is 14.0. The van der Waals surface area contributed by atoms with E-state index in [0.29, 0.717) is 0 Å². The van der Waals surface area contributed by atoms with E-state index in [9.17, 15) is 0 Å². The molecule has 0 atom stereocenters. The highest BCUT2D eigenvalue weighted by molar-refractivity contribution is 5.85. The molecule has 0 saturated heterocycles. The van der Waals surface area contributed by atoms with Crippen LogP contribution < -0.4 is 11.1 Å². The van der Waals surface area contributed by atoms with Crippen LogP contribution in [0.25, 0.3) is 0 Å². The Bertz CT molecular complexity index is 248. The molecule has 1 aliphatic rings. The van der Waals surface area contributed by atoms with E-state index in [0.717, 1.165) is 31.0 Å². The van der Waals surface area contributed by atoms with E-state index < -0.39 is 0 Å². The summed E-state index contributed by atoms with van der Waals surface area (Å²) in [5.74, 6) is 0. The first-order valence-electron chi connectivity index (χ1n) is 3.39. The molecule has 0 aromatic carbocycles. The molecular formula is C6H12Cl2N4. The van der Waals surface area contributed by atoms with Crippen LogP contribution in [0.4, 0.5) is 5.69 Å². The van der Waals surface area contributed by atoms with Gasteiger partial charge in [-0.3, -0.25) is 4.68 Å². The number of nitrogen functional groups attached to an aromatic ring is 1. The van der Waals surface area contributed by atoms with Gasteiger partial charge in [0, 0.05) is 13.1 Å². The summed E-state index contributed by atoms with van der Waals surface area (Å²) in [6.45, 7) is 2.78. The molecule has 0 spiro atoms. The molecule has 0 amide bonds. The van der Waals surface area contributed by atoms with Crippen molar-refractivity contribution in [2.75, 3.05) is 12.3 Å². The number of rotatable bonds is 0. The zero-order valence-electron chi connectivity index (χ0n) is 6.49. The molecule has 0 fully saturated rings. The molecule has 0 bridgehead atoms. The Morgan fingerprint density at radius 1 is 1.50 bits per heavy atom. The van der Waals surface area contributed by atoms with Crippen molar-refractivity contribution in [3.05, 3.63) is 11.9 Å². The Balaban J connectivity index is 0.000000605. The van der Waals surface area contributed by atoms with Crippen molar-refractivity contribution in [2.45, 2.75) is 13.1 Å². The average Bonchev–Trinajstić information content (AvgIpc) is 2.34. The number of fused-ring (bicyclic) bond motifs is 1. The third kappa shape index (κ3) is 1.83. The minimum Gasteiger partial charge on any atom is -0.396 e. The first-order chi connectivity index (χ1) is 4.88. The summed E-state index contributed by atoms with van der Waals surface area (Å²) in [4.78, 5) is 0. The van der Waals surface area contributed by atoms with E-state index in [2.05, 4.69) is 10.4 Å². The van der Waals surface area contributed by atoms with E-state index in [4.69, 9.17) is 5.73 Å². The van der Waals surface area contributed by atoms with Gasteiger partial charge in [-0.15, -0.1) is 24.8 Å². The largest absolute Gasteiger partial charge is 0.396 e. The SMILES string of the molecule is Cl.Cl.Nc1cnn2c1CNCC2. The fourth-order valence-corrected chi connectivity index (χ4v) is 1.20. The van der Waals surface area contributed by atoms with Crippen LogP contribution in [0.2, 0.25) is 0 Å². The first-order valence-corrected chi connectivity index (χ1v) is 3.39. The summed E-state index contributed by atoms with van der Waals surface area (Å²) in [7, 11) is 0.